The van der Waals surface area contributed by atoms with Gasteiger partial charge in [0.15, 0.2) is 0 Å². The SMILES string of the molecule is CCO[C@H](C)C[C@H](C)C(=O)O. The highest BCUT2D eigenvalue weighted by Gasteiger charge is 2.14. The lowest BCUT2D eigenvalue weighted by atomic mass is 10.1. The number of rotatable bonds is 5. The van der Waals surface area contributed by atoms with Gasteiger partial charge >= 0.3 is 5.97 Å². The maximum absolute atomic E-state index is 10.4. The van der Waals surface area contributed by atoms with E-state index in [0.29, 0.717) is 13.0 Å². The van der Waals surface area contributed by atoms with Gasteiger partial charge in [0.1, 0.15) is 0 Å². The Balaban J connectivity index is 3.56. The summed E-state index contributed by atoms with van der Waals surface area (Å²) in [7, 11) is 0. The van der Waals surface area contributed by atoms with Gasteiger partial charge in [0, 0.05) is 6.61 Å². The summed E-state index contributed by atoms with van der Waals surface area (Å²) in [6.07, 6.45) is 0.634. The molecule has 1 N–H and O–H groups in total. The summed E-state index contributed by atoms with van der Waals surface area (Å²) in [5.41, 5.74) is 0. The molecule has 0 aliphatic rings. The molecular formula is C8H16O3. The highest BCUT2D eigenvalue weighted by atomic mass is 16.5. The number of hydrogen-bond acceptors (Lipinski definition) is 2. The Kier molecular flexibility index (Phi) is 4.86. The normalized spacial score (nSPS) is 15.9. The van der Waals surface area contributed by atoms with Gasteiger partial charge in [-0.3, -0.25) is 4.79 Å². The van der Waals surface area contributed by atoms with Gasteiger partial charge in [0.2, 0.25) is 0 Å². The molecule has 3 heteroatoms. The summed E-state index contributed by atoms with van der Waals surface area (Å²) in [5, 5.41) is 8.54. The van der Waals surface area contributed by atoms with Gasteiger partial charge in [-0.2, -0.15) is 0 Å². The summed E-state index contributed by atoms with van der Waals surface area (Å²) < 4.78 is 5.20. The molecule has 2 atom stereocenters. The van der Waals surface area contributed by atoms with Crippen LogP contribution in [-0.2, 0) is 9.53 Å². The Bertz CT molecular complexity index is 123. The molecule has 0 aromatic rings. The molecule has 0 saturated carbocycles. The number of aliphatic carboxylic acids is 1. The Labute approximate surface area is 67.4 Å². The van der Waals surface area contributed by atoms with Crippen LogP contribution < -0.4 is 0 Å². The van der Waals surface area contributed by atoms with Crippen molar-refractivity contribution in [3.8, 4) is 0 Å². The highest BCUT2D eigenvalue weighted by molar-refractivity contribution is 5.69. The van der Waals surface area contributed by atoms with Crippen molar-refractivity contribution in [2.75, 3.05) is 6.61 Å². The van der Waals surface area contributed by atoms with Crippen LogP contribution in [0.5, 0.6) is 0 Å². The second-order valence-corrected chi connectivity index (χ2v) is 2.74. The molecule has 66 valence electrons. The fraction of sp³-hybridized carbons (Fsp3) is 0.875. The van der Waals surface area contributed by atoms with Gasteiger partial charge in [0.25, 0.3) is 0 Å². The molecule has 0 aromatic carbocycles. The molecular weight excluding hydrogens is 144 g/mol. The van der Waals surface area contributed by atoms with Gasteiger partial charge in [-0.25, -0.2) is 0 Å². The maximum Gasteiger partial charge on any atom is 0.306 e. The van der Waals surface area contributed by atoms with E-state index in [0.717, 1.165) is 0 Å². The number of ether oxygens (including phenoxy) is 1. The molecule has 0 radical (unpaired) electrons. The predicted molar refractivity (Wildman–Crippen MR) is 42.5 cm³/mol. The fourth-order valence-electron chi connectivity index (χ4n) is 0.951. The summed E-state index contributed by atoms with van der Waals surface area (Å²) in [5.74, 6) is -1.06. The van der Waals surface area contributed by atoms with Crippen LogP contribution in [0, 0.1) is 5.92 Å². The molecule has 0 aliphatic heterocycles. The second-order valence-electron chi connectivity index (χ2n) is 2.74. The Morgan fingerprint density at radius 3 is 2.45 bits per heavy atom. The van der Waals surface area contributed by atoms with Crippen LogP contribution in [0.1, 0.15) is 27.2 Å². The van der Waals surface area contributed by atoms with E-state index in [1.54, 1.807) is 6.92 Å². The summed E-state index contributed by atoms with van der Waals surface area (Å²) >= 11 is 0. The van der Waals surface area contributed by atoms with Gasteiger partial charge in [-0.15, -0.1) is 0 Å². The zero-order valence-electron chi connectivity index (χ0n) is 7.33. The lowest BCUT2D eigenvalue weighted by molar-refractivity contribution is -0.142. The van der Waals surface area contributed by atoms with Crippen LogP contribution >= 0.6 is 0 Å². The lowest BCUT2D eigenvalue weighted by Crippen LogP contribution is -2.18. The number of carboxylic acids is 1. The smallest absolute Gasteiger partial charge is 0.306 e. The largest absolute Gasteiger partial charge is 0.481 e. The maximum atomic E-state index is 10.4. The minimum absolute atomic E-state index is 0.0473. The van der Waals surface area contributed by atoms with Crippen molar-refractivity contribution in [2.24, 2.45) is 5.92 Å². The Morgan fingerprint density at radius 2 is 2.09 bits per heavy atom. The van der Waals surface area contributed by atoms with E-state index in [4.69, 9.17) is 9.84 Å². The average Bonchev–Trinajstić information content (AvgIpc) is 1.87. The van der Waals surface area contributed by atoms with Crippen molar-refractivity contribution < 1.29 is 14.6 Å². The molecule has 0 aliphatic carbocycles. The van der Waals surface area contributed by atoms with Gasteiger partial charge in [-0.05, 0) is 20.3 Å². The highest BCUT2D eigenvalue weighted by Crippen LogP contribution is 2.08. The topological polar surface area (TPSA) is 46.5 Å². The van der Waals surface area contributed by atoms with Crippen LogP contribution in [-0.4, -0.2) is 23.8 Å². The van der Waals surface area contributed by atoms with Crippen LogP contribution in [0.3, 0.4) is 0 Å². The van der Waals surface area contributed by atoms with Gasteiger partial charge < -0.3 is 9.84 Å². The number of hydrogen-bond donors (Lipinski definition) is 1. The van der Waals surface area contributed by atoms with Crippen molar-refractivity contribution in [3.63, 3.8) is 0 Å². The van der Waals surface area contributed by atoms with E-state index >= 15 is 0 Å². The van der Waals surface area contributed by atoms with Crippen LogP contribution in [0.15, 0.2) is 0 Å². The van der Waals surface area contributed by atoms with E-state index in [9.17, 15) is 4.79 Å². The molecule has 0 fully saturated rings. The first-order valence-corrected chi connectivity index (χ1v) is 3.92. The zero-order valence-corrected chi connectivity index (χ0v) is 7.33. The van der Waals surface area contributed by atoms with Crippen molar-refractivity contribution in [1.29, 1.82) is 0 Å². The fourth-order valence-corrected chi connectivity index (χ4v) is 0.951. The van der Waals surface area contributed by atoms with Crippen molar-refractivity contribution in [3.05, 3.63) is 0 Å². The minimum Gasteiger partial charge on any atom is -0.481 e. The number of carbonyl (C=O) groups is 1. The molecule has 0 rings (SSSR count). The first-order chi connectivity index (χ1) is 5.07. The summed E-state index contributed by atoms with van der Waals surface area (Å²) in [6, 6.07) is 0. The molecule has 0 spiro atoms. The number of carboxylic acid groups (broad SMARTS) is 1. The zero-order chi connectivity index (χ0) is 8.85. The predicted octanol–water partition coefficient (Wildman–Crippen LogP) is 1.52. The van der Waals surface area contributed by atoms with Crippen molar-refractivity contribution in [2.45, 2.75) is 33.3 Å². The molecule has 0 bridgehead atoms. The second kappa shape index (κ2) is 5.13. The molecule has 0 saturated heterocycles. The van der Waals surface area contributed by atoms with E-state index in [2.05, 4.69) is 0 Å². The van der Waals surface area contributed by atoms with E-state index in [1.807, 2.05) is 13.8 Å². The Morgan fingerprint density at radius 1 is 1.55 bits per heavy atom. The summed E-state index contributed by atoms with van der Waals surface area (Å²) in [4.78, 5) is 10.4. The van der Waals surface area contributed by atoms with E-state index in [1.165, 1.54) is 0 Å². The van der Waals surface area contributed by atoms with Gasteiger partial charge in [0.05, 0.1) is 12.0 Å². The van der Waals surface area contributed by atoms with E-state index in [-0.39, 0.29) is 12.0 Å². The molecule has 0 aromatic heterocycles. The first kappa shape index (κ1) is 10.4. The molecule has 0 heterocycles. The van der Waals surface area contributed by atoms with Crippen molar-refractivity contribution >= 4 is 5.97 Å². The Hall–Kier alpha value is -0.570. The average molecular weight is 160 g/mol. The third-order valence-corrected chi connectivity index (χ3v) is 1.56. The van der Waals surface area contributed by atoms with Crippen LogP contribution in [0.25, 0.3) is 0 Å². The van der Waals surface area contributed by atoms with Crippen LogP contribution in [0.2, 0.25) is 0 Å². The monoisotopic (exact) mass is 160 g/mol. The standard InChI is InChI=1S/C8H16O3/c1-4-11-7(3)5-6(2)8(9)10/h6-7H,4-5H2,1-3H3,(H,9,10)/t6-,7+/m0/s1. The third-order valence-electron chi connectivity index (χ3n) is 1.56. The van der Waals surface area contributed by atoms with Crippen LogP contribution in [0.4, 0.5) is 0 Å². The third kappa shape index (κ3) is 4.79. The van der Waals surface area contributed by atoms with Gasteiger partial charge in [-0.1, -0.05) is 6.92 Å². The first-order valence-electron chi connectivity index (χ1n) is 3.92. The molecule has 0 unspecified atom stereocenters. The van der Waals surface area contributed by atoms with Crippen molar-refractivity contribution in [1.82, 2.24) is 0 Å². The quantitative estimate of drug-likeness (QED) is 0.663. The molecule has 3 nitrogen and oxygen atoms in total. The summed E-state index contributed by atoms with van der Waals surface area (Å²) in [6.45, 7) is 6.14. The van der Waals surface area contributed by atoms with E-state index < -0.39 is 5.97 Å². The minimum atomic E-state index is -0.753. The lowest BCUT2D eigenvalue weighted by Gasteiger charge is -2.13. The molecule has 11 heavy (non-hydrogen) atoms. The molecule has 0 amide bonds.